The molecule has 1 unspecified atom stereocenters. The van der Waals surface area contributed by atoms with Gasteiger partial charge in [0.15, 0.2) is 5.78 Å². The number of ketones is 1. The fraction of sp³-hybridized carbons (Fsp3) is 0.125. The van der Waals surface area contributed by atoms with Crippen LogP contribution in [0, 0.1) is 29.9 Å². The van der Waals surface area contributed by atoms with Crippen LogP contribution < -0.4 is 0 Å². The molecular weight excluding hydrogens is 296 g/mol. The van der Waals surface area contributed by atoms with E-state index in [-0.39, 0.29) is 11.1 Å². The van der Waals surface area contributed by atoms with Crippen LogP contribution in [0.5, 0.6) is 0 Å². The van der Waals surface area contributed by atoms with Crippen LogP contribution in [0.4, 0.5) is 8.78 Å². The van der Waals surface area contributed by atoms with E-state index in [2.05, 4.69) is 0 Å². The molecule has 0 aliphatic rings. The molecule has 21 heavy (non-hydrogen) atoms. The van der Waals surface area contributed by atoms with E-state index >= 15 is 0 Å². The van der Waals surface area contributed by atoms with Crippen LogP contribution in [-0.4, -0.2) is 5.78 Å². The normalized spacial score (nSPS) is 11.8. The lowest BCUT2D eigenvalue weighted by Crippen LogP contribution is -2.14. The average molecular weight is 306 g/mol. The monoisotopic (exact) mass is 305 g/mol. The Kier molecular flexibility index (Phi) is 4.35. The third kappa shape index (κ3) is 3.09. The van der Waals surface area contributed by atoms with Gasteiger partial charge < -0.3 is 0 Å². The van der Waals surface area contributed by atoms with Gasteiger partial charge in [-0.2, -0.15) is 5.26 Å². The zero-order valence-electron chi connectivity index (χ0n) is 11.0. The van der Waals surface area contributed by atoms with Crippen LogP contribution in [0.3, 0.4) is 0 Å². The number of carbonyl (C=O) groups excluding carboxylic acids is 1. The fourth-order valence-corrected chi connectivity index (χ4v) is 2.29. The van der Waals surface area contributed by atoms with Gasteiger partial charge in [-0.1, -0.05) is 17.7 Å². The predicted octanol–water partition coefficient (Wildman–Crippen LogP) is 4.42. The van der Waals surface area contributed by atoms with Crippen molar-refractivity contribution in [3.05, 3.63) is 69.7 Å². The van der Waals surface area contributed by atoms with E-state index in [1.807, 2.05) is 0 Å². The third-order valence-corrected chi connectivity index (χ3v) is 3.35. The minimum atomic E-state index is -1.33. The van der Waals surface area contributed by atoms with Crippen LogP contribution in [-0.2, 0) is 0 Å². The number of Topliss-reactive ketones (excluding diaryl/α,β-unsaturated/α-hetero) is 1. The Balaban J connectivity index is 2.46. The Morgan fingerprint density at radius 3 is 2.52 bits per heavy atom. The summed E-state index contributed by atoms with van der Waals surface area (Å²) in [4.78, 5) is 12.4. The molecule has 2 rings (SSSR count). The zero-order valence-corrected chi connectivity index (χ0v) is 11.8. The molecule has 0 aliphatic heterocycles. The molecule has 2 nitrogen and oxygen atoms in total. The third-order valence-electron chi connectivity index (χ3n) is 3.12. The molecule has 0 spiro atoms. The second-order valence-electron chi connectivity index (χ2n) is 4.55. The van der Waals surface area contributed by atoms with Crippen LogP contribution in [0.1, 0.15) is 27.4 Å². The smallest absolute Gasteiger partial charge is 0.184 e. The van der Waals surface area contributed by atoms with Crippen LogP contribution in [0.25, 0.3) is 0 Å². The Bertz CT molecular complexity index is 752. The molecule has 106 valence electrons. The fourth-order valence-electron chi connectivity index (χ4n) is 2.06. The number of hydrogen-bond acceptors (Lipinski definition) is 2. The summed E-state index contributed by atoms with van der Waals surface area (Å²) >= 11 is 5.82. The second kappa shape index (κ2) is 6.02. The first-order valence-electron chi connectivity index (χ1n) is 6.09. The highest BCUT2D eigenvalue weighted by Crippen LogP contribution is 2.26. The summed E-state index contributed by atoms with van der Waals surface area (Å²) in [5, 5.41) is 9.66. The van der Waals surface area contributed by atoms with Gasteiger partial charge in [-0.15, -0.1) is 0 Å². The number of carbonyl (C=O) groups is 1. The van der Waals surface area contributed by atoms with Gasteiger partial charge in [0.2, 0.25) is 0 Å². The highest BCUT2D eigenvalue weighted by atomic mass is 35.5. The number of nitrogens with zero attached hydrogens (tertiary/aromatic N) is 1. The van der Waals surface area contributed by atoms with E-state index in [1.165, 1.54) is 12.1 Å². The van der Waals surface area contributed by atoms with Crippen molar-refractivity contribution in [1.82, 2.24) is 0 Å². The van der Waals surface area contributed by atoms with E-state index in [1.54, 1.807) is 19.1 Å². The molecule has 5 heteroatoms. The molecule has 0 N–H and O–H groups in total. The standard InChI is InChI=1S/C16H10ClF2NO/c1-9-6-10(17)2-4-12(9)16(21)14(8-20)13-5-3-11(18)7-15(13)19/h2-7,14H,1H3. The van der Waals surface area contributed by atoms with Crippen molar-refractivity contribution in [2.24, 2.45) is 0 Å². The van der Waals surface area contributed by atoms with Gasteiger partial charge in [-0.3, -0.25) is 4.79 Å². The van der Waals surface area contributed by atoms with E-state index in [0.717, 1.165) is 12.1 Å². The summed E-state index contributed by atoms with van der Waals surface area (Å²) in [5.41, 5.74) is 0.739. The Morgan fingerprint density at radius 2 is 1.95 bits per heavy atom. The van der Waals surface area contributed by atoms with Crippen molar-refractivity contribution in [2.45, 2.75) is 12.8 Å². The van der Waals surface area contributed by atoms with Crippen LogP contribution in [0.2, 0.25) is 5.02 Å². The quantitative estimate of drug-likeness (QED) is 0.788. The lowest BCUT2D eigenvalue weighted by molar-refractivity contribution is 0.0977. The van der Waals surface area contributed by atoms with Gasteiger partial charge in [0.05, 0.1) is 6.07 Å². The summed E-state index contributed by atoms with van der Waals surface area (Å²) in [7, 11) is 0. The number of benzene rings is 2. The van der Waals surface area contributed by atoms with Gasteiger partial charge in [0.25, 0.3) is 0 Å². The van der Waals surface area contributed by atoms with Gasteiger partial charge >= 0.3 is 0 Å². The number of halogens is 3. The first kappa shape index (κ1) is 15.1. The van der Waals surface area contributed by atoms with E-state index in [9.17, 15) is 18.8 Å². The minimum absolute atomic E-state index is 0.141. The molecular formula is C16H10ClF2NO. The highest BCUT2D eigenvalue weighted by Gasteiger charge is 2.26. The predicted molar refractivity (Wildman–Crippen MR) is 75.2 cm³/mol. The largest absolute Gasteiger partial charge is 0.292 e. The van der Waals surface area contributed by atoms with Crippen molar-refractivity contribution in [3.8, 4) is 6.07 Å². The maximum atomic E-state index is 13.8. The molecule has 0 radical (unpaired) electrons. The van der Waals surface area contributed by atoms with Crippen molar-refractivity contribution in [1.29, 1.82) is 5.26 Å². The van der Waals surface area contributed by atoms with Crippen molar-refractivity contribution in [2.75, 3.05) is 0 Å². The molecule has 0 aromatic heterocycles. The first-order chi connectivity index (χ1) is 9.93. The molecule has 0 bridgehead atoms. The Labute approximate surface area is 125 Å². The molecule has 2 aromatic rings. The summed E-state index contributed by atoms with van der Waals surface area (Å²) < 4.78 is 26.7. The number of rotatable bonds is 3. The summed E-state index contributed by atoms with van der Waals surface area (Å²) in [6, 6.07) is 9.16. The molecule has 0 amide bonds. The molecule has 0 heterocycles. The molecule has 1 atom stereocenters. The summed E-state index contributed by atoms with van der Waals surface area (Å²) in [6.07, 6.45) is 0. The van der Waals surface area contributed by atoms with Gasteiger partial charge in [0, 0.05) is 22.2 Å². The zero-order chi connectivity index (χ0) is 15.6. The Hall–Kier alpha value is -2.25. The summed E-state index contributed by atoms with van der Waals surface area (Å²) in [5.74, 6) is -3.55. The molecule has 2 aromatic carbocycles. The van der Waals surface area contributed by atoms with Gasteiger partial charge in [0.1, 0.15) is 17.6 Å². The topological polar surface area (TPSA) is 40.9 Å². The number of nitriles is 1. The highest BCUT2D eigenvalue weighted by molar-refractivity contribution is 6.30. The minimum Gasteiger partial charge on any atom is -0.292 e. The Morgan fingerprint density at radius 1 is 1.24 bits per heavy atom. The van der Waals surface area contributed by atoms with Crippen molar-refractivity contribution in [3.63, 3.8) is 0 Å². The van der Waals surface area contributed by atoms with Crippen molar-refractivity contribution < 1.29 is 13.6 Å². The first-order valence-corrected chi connectivity index (χ1v) is 6.46. The van der Waals surface area contributed by atoms with E-state index in [0.29, 0.717) is 16.7 Å². The maximum absolute atomic E-state index is 13.8. The molecule has 0 saturated heterocycles. The summed E-state index contributed by atoms with van der Waals surface area (Å²) in [6.45, 7) is 1.68. The lowest BCUT2D eigenvalue weighted by atomic mass is 9.89. The van der Waals surface area contributed by atoms with Crippen LogP contribution in [0.15, 0.2) is 36.4 Å². The van der Waals surface area contributed by atoms with E-state index < -0.39 is 23.3 Å². The molecule has 0 saturated carbocycles. The van der Waals surface area contributed by atoms with E-state index in [4.69, 9.17) is 11.6 Å². The van der Waals surface area contributed by atoms with Gasteiger partial charge in [-0.25, -0.2) is 8.78 Å². The number of aryl methyl sites for hydroxylation is 1. The molecule has 0 fully saturated rings. The average Bonchev–Trinajstić information content (AvgIpc) is 2.41. The SMILES string of the molecule is Cc1cc(Cl)ccc1C(=O)C(C#N)c1ccc(F)cc1F. The lowest BCUT2D eigenvalue weighted by Gasteiger charge is -2.12. The second-order valence-corrected chi connectivity index (χ2v) is 4.99. The van der Waals surface area contributed by atoms with Crippen LogP contribution >= 0.6 is 11.6 Å². The van der Waals surface area contributed by atoms with Gasteiger partial charge in [-0.05, 0) is 36.8 Å². The number of hydrogen-bond donors (Lipinski definition) is 0. The van der Waals surface area contributed by atoms with Crippen molar-refractivity contribution >= 4 is 17.4 Å². The molecule has 0 aliphatic carbocycles. The maximum Gasteiger partial charge on any atom is 0.184 e.